The lowest BCUT2D eigenvalue weighted by Gasteiger charge is -2.08. The van der Waals surface area contributed by atoms with E-state index in [0.29, 0.717) is 17.1 Å². The van der Waals surface area contributed by atoms with Gasteiger partial charge in [0.2, 0.25) is 0 Å². The maximum absolute atomic E-state index is 12.2. The number of rotatable bonds is 4. The second-order valence-corrected chi connectivity index (χ2v) is 4.37. The van der Waals surface area contributed by atoms with Crippen LogP contribution in [0.2, 0.25) is 0 Å². The van der Waals surface area contributed by atoms with Crippen molar-refractivity contribution in [3.8, 4) is 17.1 Å². The Morgan fingerprint density at radius 3 is 2.68 bits per heavy atom. The molecule has 2 N–H and O–H groups in total. The van der Waals surface area contributed by atoms with Crippen LogP contribution in [-0.4, -0.2) is 11.8 Å². The summed E-state index contributed by atoms with van der Waals surface area (Å²) in [7, 11) is 0. The molecule has 6 heteroatoms. The van der Waals surface area contributed by atoms with Crippen molar-refractivity contribution in [2.45, 2.75) is 26.4 Å². The highest BCUT2D eigenvalue weighted by atomic mass is 19.3. The van der Waals surface area contributed by atoms with E-state index in [1.165, 1.54) is 12.1 Å². The fraction of sp³-hybridized carbons (Fsp3) is 0.308. The summed E-state index contributed by atoms with van der Waals surface area (Å²) in [5.74, 6) is 0.968. The van der Waals surface area contributed by atoms with Gasteiger partial charge in [-0.1, -0.05) is 31.1 Å². The van der Waals surface area contributed by atoms with E-state index >= 15 is 0 Å². The molecular formula is C13H14F2N2O2. The molecule has 102 valence electrons. The normalized spacial score (nSPS) is 11.3. The van der Waals surface area contributed by atoms with E-state index in [1.54, 1.807) is 12.1 Å². The summed E-state index contributed by atoms with van der Waals surface area (Å²) in [5.41, 5.74) is 7.10. The van der Waals surface area contributed by atoms with Crippen molar-refractivity contribution in [1.29, 1.82) is 0 Å². The Morgan fingerprint density at radius 2 is 2.05 bits per heavy atom. The van der Waals surface area contributed by atoms with Crippen molar-refractivity contribution in [3.63, 3.8) is 0 Å². The van der Waals surface area contributed by atoms with Crippen molar-refractivity contribution in [1.82, 2.24) is 5.16 Å². The van der Waals surface area contributed by atoms with Gasteiger partial charge in [-0.2, -0.15) is 8.78 Å². The van der Waals surface area contributed by atoms with Crippen molar-refractivity contribution in [2.75, 3.05) is 5.73 Å². The number of alkyl halides is 2. The number of hydrogen-bond donors (Lipinski definition) is 1. The molecule has 0 amide bonds. The Kier molecular flexibility index (Phi) is 3.69. The first-order valence-corrected chi connectivity index (χ1v) is 5.79. The van der Waals surface area contributed by atoms with Gasteiger partial charge in [0.15, 0.2) is 11.6 Å². The molecule has 0 atom stereocenters. The smallest absolute Gasteiger partial charge is 0.387 e. The summed E-state index contributed by atoms with van der Waals surface area (Å²) in [6.45, 7) is 1.04. The summed E-state index contributed by atoms with van der Waals surface area (Å²) >= 11 is 0. The molecule has 2 rings (SSSR count). The van der Waals surface area contributed by atoms with Crippen LogP contribution in [0.3, 0.4) is 0 Å². The first-order valence-electron chi connectivity index (χ1n) is 5.79. The second kappa shape index (κ2) is 5.26. The zero-order valence-corrected chi connectivity index (χ0v) is 10.6. The second-order valence-electron chi connectivity index (χ2n) is 4.37. The minimum Gasteiger partial charge on any atom is -0.435 e. The first-order chi connectivity index (χ1) is 8.99. The highest BCUT2D eigenvalue weighted by Crippen LogP contribution is 2.34. The molecule has 0 aliphatic heterocycles. The molecule has 0 radical (unpaired) electrons. The van der Waals surface area contributed by atoms with Crippen molar-refractivity contribution in [2.24, 2.45) is 0 Å². The van der Waals surface area contributed by atoms with E-state index in [2.05, 4.69) is 9.89 Å². The minimum absolute atomic E-state index is 0.0668. The van der Waals surface area contributed by atoms with Crippen LogP contribution in [-0.2, 0) is 0 Å². The summed E-state index contributed by atoms with van der Waals surface area (Å²) in [6.07, 6.45) is 0. The zero-order chi connectivity index (χ0) is 14.0. The monoisotopic (exact) mass is 268 g/mol. The minimum atomic E-state index is -2.86. The third kappa shape index (κ3) is 2.83. The van der Waals surface area contributed by atoms with E-state index in [-0.39, 0.29) is 11.7 Å². The largest absolute Gasteiger partial charge is 0.435 e. The predicted molar refractivity (Wildman–Crippen MR) is 67.1 cm³/mol. The van der Waals surface area contributed by atoms with Gasteiger partial charge in [-0.15, -0.1) is 0 Å². The lowest BCUT2D eigenvalue weighted by Crippen LogP contribution is -2.01. The maximum atomic E-state index is 12.2. The van der Waals surface area contributed by atoms with Crippen LogP contribution in [0.1, 0.15) is 25.3 Å². The number of nitrogens with two attached hydrogens (primary N) is 1. The number of halogens is 2. The third-order valence-electron chi connectivity index (χ3n) is 2.65. The van der Waals surface area contributed by atoms with Gasteiger partial charge in [-0.25, -0.2) is 0 Å². The van der Waals surface area contributed by atoms with Gasteiger partial charge in [0.25, 0.3) is 0 Å². The van der Waals surface area contributed by atoms with Gasteiger partial charge in [-0.3, -0.25) is 0 Å². The highest BCUT2D eigenvalue weighted by Gasteiger charge is 2.19. The quantitative estimate of drug-likeness (QED) is 0.919. The summed E-state index contributed by atoms with van der Waals surface area (Å²) in [5, 5.41) is 3.72. The molecule has 0 unspecified atom stereocenters. The Morgan fingerprint density at radius 1 is 1.32 bits per heavy atom. The van der Waals surface area contributed by atoms with Crippen LogP contribution in [0.25, 0.3) is 11.3 Å². The summed E-state index contributed by atoms with van der Waals surface area (Å²) < 4.78 is 33.9. The topological polar surface area (TPSA) is 61.3 Å². The molecular weight excluding hydrogens is 254 g/mol. The Bertz CT molecular complexity index is 568. The van der Waals surface area contributed by atoms with Crippen LogP contribution in [0, 0.1) is 0 Å². The molecule has 0 saturated heterocycles. The third-order valence-corrected chi connectivity index (χ3v) is 2.65. The standard InChI is InChI=1S/C13H14F2N2O2/c1-7(2)10-11(19-17-12(10)16)8-4-3-5-9(6-8)18-13(14)15/h3-7,13H,1-2H3,(H2,16,17). The number of ether oxygens (including phenoxy) is 1. The van der Waals surface area contributed by atoms with Gasteiger partial charge in [0.05, 0.1) is 0 Å². The lowest BCUT2D eigenvalue weighted by molar-refractivity contribution is -0.0498. The van der Waals surface area contributed by atoms with Crippen LogP contribution >= 0.6 is 0 Å². The van der Waals surface area contributed by atoms with Crippen LogP contribution in [0.15, 0.2) is 28.8 Å². The molecule has 0 fully saturated rings. The van der Waals surface area contributed by atoms with Gasteiger partial charge < -0.3 is 15.0 Å². The molecule has 19 heavy (non-hydrogen) atoms. The molecule has 2 aromatic rings. The number of aromatic nitrogens is 1. The Balaban J connectivity index is 2.42. The van der Waals surface area contributed by atoms with Crippen molar-refractivity contribution < 1.29 is 18.0 Å². The molecule has 0 aliphatic rings. The number of benzene rings is 1. The van der Waals surface area contributed by atoms with Crippen LogP contribution < -0.4 is 10.5 Å². The molecule has 1 aromatic heterocycles. The van der Waals surface area contributed by atoms with Gasteiger partial charge in [-0.05, 0) is 18.1 Å². The van der Waals surface area contributed by atoms with E-state index in [1.807, 2.05) is 13.8 Å². The van der Waals surface area contributed by atoms with E-state index in [9.17, 15) is 8.78 Å². The van der Waals surface area contributed by atoms with E-state index < -0.39 is 6.61 Å². The lowest BCUT2D eigenvalue weighted by atomic mass is 9.99. The highest BCUT2D eigenvalue weighted by molar-refractivity contribution is 5.68. The van der Waals surface area contributed by atoms with Gasteiger partial charge in [0, 0.05) is 11.1 Å². The fourth-order valence-electron chi connectivity index (χ4n) is 1.89. The fourth-order valence-corrected chi connectivity index (χ4v) is 1.89. The van der Waals surface area contributed by atoms with E-state index in [0.717, 1.165) is 5.56 Å². The molecule has 0 aliphatic carbocycles. The summed E-state index contributed by atoms with van der Waals surface area (Å²) in [6, 6.07) is 6.25. The first kappa shape index (κ1) is 13.3. The van der Waals surface area contributed by atoms with Gasteiger partial charge >= 0.3 is 6.61 Å². The number of nitrogen functional groups attached to an aromatic ring is 1. The Hall–Kier alpha value is -2.11. The maximum Gasteiger partial charge on any atom is 0.387 e. The zero-order valence-electron chi connectivity index (χ0n) is 10.6. The molecule has 1 aromatic carbocycles. The van der Waals surface area contributed by atoms with Crippen LogP contribution in [0.5, 0.6) is 5.75 Å². The molecule has 4 nitrogen and oxygen atoms in total. The predicted octanol–water partition coefficient (Wildman–Crippen LogP) is 3.65. The number of hydrogen-bond acceptors (Lipinski definition) is 4. The molecule has 0 spiro atoms. The summed E-state index contributed by atoms with van der Waals surface area (Å²) in [4.78, 5) is 0. The molecule has 0 bridgehead atoms. The van der Waals surface area contributed by atoms with Crippen LogP contribution in [0.4, 0.5) is 14.6 Å². The van der Waals surface area contributed by atoms with Crippen molar-refractivity contribution >= 4 is 5.82 Å². The molecule has 0 saturated carbocycles. The average molecular weight is 268 g/mol. The Labute approximate surface area is 109 Å². The van der Waals surface area contributed by atoms with Crippen molar-refractivity contribution in [3.05, 3.63) is 29.8 Å². The SMILES string of the molecule is CC(C)c1c(N)noc1-c1cccc(OC(F)F)c1. The number of nitrogens with zero attached hydrogens (tertiary/aromatic N) is 1. The van der Waals surface area contributed by atoms with Gasteiger partial charge in [0.1, 0.15) is 5.75 Å². The van der Waals surface area contributed by atoms with E-state index in [4.69, 9.17) is 10.3 Å². The number of anilines is 1. The average Bonchev–Trinajstić information content (AvgIpc) is 2.70. The molecule has 1 heterocycles.